The highest BCUT2D eigenvalue weighted by atomic mass is 79.9. The summed E-state index contributed by atoms with van der Waals surface area (Å²) in [4.78, 5) is 8.85. The van der Waals surface area contributed by atoms with Crippen molar-refractivity contribution in [2.24, 2.45) is 0 Å². The predicted octanol–water partition coefficient (Wildman–Crippen LogP) is 3.93. The van der Waals surface area contributed by atoms with E-state index in [9.17, 15) is 5.21 Å². The lowest BCUT2D eigenvalue weighted by Gasteiger charge is -2.02. The molecule has 0 amide bonds. The fraction of sp³-hybridized carbons (Fsp3) is 0.286. The van der Waals surface area contributed by atoms with E-state index in [0.29, 0.717) is 5.82 Å². The molecule has 0 aliphatic carbocycles. The second-order valence-electron chi connectivity index (χ2n) is 4.60. The number of halogens is 1. The molecule has 3 rings (SSSR count). The van der Waals surface area contributed by atoms with E-state index in [1.807, 2.05) is 18.2 Å². The number of hydrogen-bond acceptors (Lipinski definition) is 3. The zero-order chi connectivity index (χ0) is 13.4. The average molecular weight is 320 g/mol. The fourth-order valence-electron chi connectivity index (χ4n) is 2.26. The molecule has 0 aliphatic rings. The topological polar surface area (TPSA) is 50.9 Å². The number of hydrogen-bond donors (Lipinski definition) is 1. The molecule has 5 heteroatoms. The maximum Gasteiger partial charge on any atom is 0.146 e. The first-order valence-corrected chi connectivity index (χ1v) is 7.15. The molecular formula is C14H14BrN3O. The van der Waals surface area contributed by atoms with Crippen molar-refractivity contribution >= 4 is 37.9 Å². The van der Waals surface area contributed by atoms with Crippen LogP contribution in [0.4, 0.5) is 0 Å². The molecule has 0 saturated carbocycles. The van der Waals surface area contributed by atoms with Gasteiger partial charge in [-0.2, -0.15) is 4.73 Å². The molecule has 98 valence electrons. The molecule has 0 bridgehead atoms. The van der Waals surface area contributed by atoms with Gasteiger partial charge in [0.05, 0.1) is 11.7 Å². The number of fused-ring (bicyclic) bond motifs is 3. The lowest BCUT2D eigenvalue weighted by atomic mass is 10.2. The number of unbranched alkanes of at least 4 members (excludes halogenated alkanes) is 1. The summed E-state index contributed by atoms with van der Waals surface area (Å²) in [6.45, 7) is 2.12. The minimum Gasteiger partial charge on any atom is -0.427 e. The van der Waals surface area contributed by atoms with E-state index in [1.54, 1.807) is 6.20 Å². The van der Waals surface area contributed by atoms with E-state index in [0.717, 1.165) is 45.7 Å². The van der Waals surface area contributed by atoms with Crippen LogP contribution in [-0.2, 0) is 6.42 Å². The average Bonchev–Trinajstić information content (AvgIpc) is 2.73. The van der Waals surface area contributed by atoms with Crippen LogP contribution in [0.1, 0.15) is 25.6 Å². The van der Waals surface area contributed by atoms with E-state index in [-0.39, 0.29) is 0 Å². The van der Waals surface area contributed by atoms with Crippen LogP contribution in [0, 0.1) is 0 Å². The molecule has 2 aromatic heterocycles. The van der Waals surface area contributed by atoms with Crippen molar-refractivity contribution < 1.29 is 5.21 Å². The van der Waals surface area contributed by atoms with Crippen molar-refractivity contribution in [1.82, 2.24) is 14.7 Å². The summed E-state index contributed by atoms with van der Waals surface area (Å²) in [6, 6.07) is 5.84. The molecule has 0 radical (unpaired) electrons. The monoisotopic (exact) mass is 319 g/mol. The molecule has 0 spiro atoms. The first kappa shape index (κ1) is 12.4. The standard InChI is InChI=1S/C14H14BrN3O/c1-2-3-4-13-17-12-8-16-11-7-9(15)5-6-10(11)14(12)18(13)19/h5-8,19H,2-4H2,1H3. The van der Waals surface area contributed by atoms with Gasteiger partial charge in [-0.1, -0.05) is 29.3 Å². The van der Waals surface area contributed by atoms with E-state index < -0.39 is 0 Å². The van der Waals surface area contributed by atoms with E-state index in [4.69, 9.17) is 0 Å². The van der Waals surface area contributed by atoms with Crippen LogP contribution in [0.3, 0.4) is 0 Å². The molecule has 0 saturated heterocycles. The highest BCUT2D eigenvalue weighted by Crippen LogP contribution is 2.26. The molecule has 0 unspecified atom stereocenters. The lowest BCUT2D eigenvalue weighted by Crippen LogP contribution is -1.99. The van der Waals surface area contributed by atoms with E-state index >= 15 is 0 Å². The number of aromatic nitrogens is 3. The van der Waals surface area contributed by atoms with Crippen LogP contribution in [0.5, 0.6) is 0 Å². The van der Waals surface area contributed by atoms with Gasteiger partial charge < -0.3 is 5.21 Å². The van der Waals surface area contributed by atoms with Gasteiger partial charge in [0.15, 0.2) is 0 Å². The molecule has 1 N–H and O–H groups in total. The lowest BCUT2D eigenvalue weighted by molar-refractivity contribution is 0.188. The third kappa shape index (κ3) is 2.08. The Morgan fingerprint density at radius 1 is 1.32 bits per heavy atom. The van der Waals surface area contributed by atoms with Gasteiger partial charge in [0, 0.05) is 16.3 Å². The predicted molar refractivity (Wildman–Crippen MR) is 78.5 cm³/mol. The summed E-state index contributed by atoms with van der Waals surface area (Å²) in [5.41, 5.74) is 2.33. The van der Waals surface area contributed by atoms with Crippen molar-refractivity contribution in [2.45, 2.75) is 26.2 Å². The third-order valence-electron chi connectivity index (χ3n) is 3.24. The molecule has 0 aliphatic heterocycles. The van der Waals surface area contributed by atoms with Crippen LogP contribution in [0.25, 0.3) is 21.9 Å². The molecule has 0 fully saturated rings. The van der Waals surface area contributed by atoms with Gasteiger partial charge in [0.1, 0.15) is 16.9 Å². The zero-order valence-corrected chi connectivity index (χ0v) is 12.2. The smallest absolute Gasteiger partial charge is 0.146 e. The van der Waals surface area contributed by atoms with Gasteiger partial charge in [-0.05, 0) is 24.6 Å². The van der Waals surface area contributed by atoms with Gasteiger partial charge in [-0.3, -0.25) is 4.98 Å². The SMILES string of the molecule is CCCCc1nc2cnc3cc(Br)ccc3c2n1O. The van der Waals surface area contributed by atoms with Gasteiger partial charge in [-0.15, -0.1) is 0 Å². The molecule has 0 atom stereocenters. The number of imidazole rings is 1. The first-order chi connectivity index (χ1) is 9.20. The number of nitrogens with zero attached hydrogens (tertiary/aromatic N) is 3. The van der Waals surface area contributed by atoms with Crippen molar-refractivity contribution in [2.75, 3.05) is 0 Å². The maximum atomic E-state index is 10.3. The Kier molecular flexibility index (Phi) is 3.14. The number of benzene rings is 1. The van der Waals surface area contributed by atoms with Crippen LogP contribution in [0.15, 0.2) is 28.9 Å². The van der Waals surface area contributed by atoms with Crippen molar-refractivity contribution in [3.05, 3.63) is 34.7 Å². The van der Waals surface area contributed by atoms with E-state index in [1.165, 1.54) is 4.73 Å². The third-order valence-corrected chi connectivity index (χ3v) is 3.74. The van der Waals surface area contributed by atoms with Crippen molar-refractivity contribution in [1.29, 1.82) is 0 Å². The second kappa shape index (κ2) is 4.81. The van der Waals surface area contributed by atoms with Crippen LogP contribution in [0.2, 0.25) is 0 Å². The largest absolute Gasteiger partial charge is 0.427 e. The summed E-state index contributed by atoms with van der Waals surface area (Å²) in [6.07, 6.45) is 4.59. The quantitative estimate of drug-likeness (QED) is 0.744. The zero-order valence-electron chi connectivity index (χ0n) is 10.6. The summed E-state index contributed by atoms with van der Waals surface area (Å²) in [7, 11) is 0. The Labute approximate surface area is 119 Å². The minimum atomic E-state index is 0.703. The minimum absolute atomic E-state index is 0.703. The molecule has 19 heavy (non-hydrogen) atoms. The van der Waals surface area contributed by atoms with Crippen LogP contribution in [-0.4, -0.2) is 19.9 Å². The van der Waals surface area contributed by atoms with Gasteiger partial charge in [0.25, 0.3) is 0 Å². The Morgan fingerprint density at radius 2 is 2.16 bits per heavy atom. The molecule has 1 aromatic carbocycles. The van der Waals surface area contributed by atoms with Gasteiger partial charge in [0.2, 0.25) is 0 Å². The van der Waals surface area contributed by atoms with Gasteiger partial charge >= 0.3 is 0 Å². The van der Waals surface area contributed by atoms with Crippen molar-refractivity contribution in [3.8, 4) is 0 Å². The maximum absolute atomic E-state index is 10.3. The Bertz CT molecular complexity index is 751. The van der Waals surface area contributed by atoms with E-state index in [2.05, 4.69) is 32.8 Å². The summed E-state index contributed by atoms with van der Waals surface area (Å²) in [5.74, 6) is 0.703. The fourth-order valence-corrected chi connectivity index (χ4v) is 2.61. The number of pyridine rings is 1. The summed E-state index contributed by atoms with van der Waals surface area (Å²) >= 11 is 3.43. The normalized spacial score (nSPS) is 11.5. The second-order valence-corrected chi connectivity index (χ2v) is 5.51. The van der Waals surface area contributed by atoms with Gasteiger partial charge in [-0.25, -0.2) is 4.98 Å². The molecular weight excluding hydrogens is 306 g/mol. The highest BCUT2D eigenvalue weighted by molar-refractivity contribution is 9.10. The van der Waals surface area contributed by atoms with Crippen molar-refractivity contribution in [3.63, 3.8) is 0 Å². The molecule has 3 aromatic rings. The Balaban J connectivity index is 2.26. The molecule has 2 heterocycles. The Hall–Kier alpha value is -1.62. The first-order valence-electron chi connectivity index (χ1n) is 6.35. The molecule has 4 nitrogen and oxygen atoms in total. The highest BCUT2D eigenvalue weighted by Gasteiger charge is 2.13. The van der Waals surface area contributed by atoms with Crippen LogP contribution < -0.4 is 0 Å². The number of aryl methyl sites for hydroxylation is 1. The summed E-state index contributed by atoms with van der Waals surface area (Å²) in [5, 5.41) is 11.2. The Morgan fingerprint density at radius 3 is 2.95 bits per heavy atom. The van der Waals surface area contributed by atoms with Crippen LogP contribution >= 0.6 is 15.9 Å². The summed E-state index contributed by atoms with van der Waals surface area (Å²) < 4.78 is 2.19. The number of rotatable bonds is 3.